The van der Waals surface area contributed by atoms with Crippen molar-refractivity contribution in [2.75, 3.05) is 23.0 Å². The Hall–Kier alpha value is -2.61. The molecule has 2 rings (SSSR count). The molecule has 0 radical (unpaired) electrons. The van der Waals surface area contributed by atoms with E-state index in [9.17, 15) is 17.6 Å². The normalized spacial score (nSPS) is 12.3. The molecule has 134 valence electrons. The summed E-state index contributed by atoms with van der Waals surface area (Å²) in [6, 6.07) is 10.6. The molecule has 6 nitrogen and oxygen atoms in total. The van der Waals surface area contributed by atoms with Gasteiger partial charge in [0.1, 0.15) is 17.6 Å². The Kier molecular flexibility index (Phi) is 5.63. The molecule has 0 saturated heterocycles. The molecule has 1 unspecified atom stereocenters. The van der Waals surface area contributed by atoms with E-state index in [-0.39, 0.29) is 5.69 Å². The zero-order valence-corrected chi connectivity index (χ0v) is 14.9. The first kappa shape index (κ1) is 18.7. The van der Waals surface area contributed by atoms with Gasteiger partial charge in [0.2, 0.25) is 15.9 Å². The van der Waals surface area contributed by atoms with Gasteiger partial charge in [-0.25, -0.2) is 12.8 Å². The van der Waals surface area contributed by atoms with Crippen molar-refractivity contribution in [3.05, 3.63) is 54.3 Å². The molecule has 1 N–H and O–H groups in total. The van der Waals surface area contributed by atoms with E-state index in [1.54, 1.807) is 24.3 Å². The predicted octanol–water partition coefficient (Wildman–Crippen LogP) is 2.63. The maximum absolute atomic E-state index is 13.1. The van der Waals surface area contributed by atoms with Crippen LogP contribution in [0.5, 0.6) is 5.75 Å². The van der Waals surface area contributed by atoms with Crippen LogP contribution < -0.4 is 14.4 Å². The summed E-state index contributed by atoms with van der Waals surface area (Å²) in [6.07, 6.45) is 0.989. The molecule has 1 atom stereocenters. The number of ether oxygens (including phenoxy) is 1. The standard InChI is InChI=1S/C17H19FN2O4S/c1-12(17(21)19-15-6-4-5-7-16(15)24-2)20(25(3,22)23)14-10-8-13(18)9-11-14/h4-12H,1-3H3,(H,19,21). The van der Waals surface area contributed by atoms with Crippen molar-refractivity contribution in [3.63, 3.8) is 0 Å². The number of nitrogens with one attached hydrogen (secondary N) is 1. The summed E-state index contributed by atoms with van der Waals surface area (Å²) in [5.74, 6) is -0.585. The quantitative estimate of drug-likeness (QED) is 0.853. The van der Waals surface area contributed by atoms with Crippen molar-refractivity contribution in [1.29, 1.82) is 0 Å². The summed E-state index contributed by atoms with van der Waals surface area (Å²) in [5.41, 5.74) is 0.626. The van der Waals surface area contributed by atoms with Crippen molar-refractivity contribution >= 4 is 27.3 Å². The Bertz CT molecular complexity index is 853. The number of carbonyl (C=O) groups excluding carboxylic acids is 1. The minimum Gasteiger partial charge on any atom is -0.495 e. The molecular formula is C17H19FN2O4S. The summed E-state index contributed by atoms with van der Waals surface area (Å²) in [5, 5.41) is 2.65. The van der Waals surface area contributed by atoms with E-state index in [0.29, 0.717) is 11.4 Å². The van der Waals surface area contributed by atoms with Gasteiger partial charge in [-0.05, 0) is 43.3 Å². The van der Waals surface area contributed by atoms with Crippen LogP contribution in [0.15, 0.2) is 48.5 Å². The molecule has 8 heteroatoms. The van der Waals surface area contributed by atoms with Gasteiger partial charge in [0, 0.05) is 0 Å². The third kappa shape index (κ3) is 4.48. The monoisotopic (exact) mass is 366 g/mol. The third-order valence-electron chi connectivity index (χ3n) is 3.53. The van der Waals surface area contributed by atoms with E-state index in [4.69, 9.17) is 4.74 Å². The number of rotatable bonds is 6. The molecule has 1 amide bonds. The maximum Gasteiger partial charge on any atom is 0.248 e. The van der Waals surface area contributed by atoms with Gasteiger partial charge in [-0.3, -0.25) is 9.10 Å². The minimum absolute atomic E-state index is 0.201. The fraction of sp³-hybridized carbons (Fsp3) is 0.235. The lowest BCUT2D eigenvalue weighted by Gasteiger charge is -2.28. The topological polar surface area (TPSA) is 75.7 Å². The lowest BCUT2D eigenvalue weighted by molar-refractivity contribution is -0.116. The van der Waals surface area contributed by atoms with Gasteiger partial charge in [-0.1, -0.05) is 12.1 Å². The molecule has 0 aliphatic carbocycles. The Morgan fingerprint density at radius 3 is 2.32 bits per heavy atom. The van der Waals surface area contributed by atoms with Crippen LogP contribution in [0.1, 0.15) is 6.92 Å². The van der Waals surface area contributed by atoms with E-state index in [2.05, 4.69) is 5.32 Å². The first-order valence-corrected chi connectivity index (χ1v) is 9.27. The Morgan fingerprint density at radius 2 is 1.76 bits per heavy atom. The minimum atomic E-state index is -3.76. The molecule has 2 aromatic rings. The number of anilines is 2. The Labute approximate surface area is 146 Å². The van der Waals surface area contributed by atoms with Gasteiger partial charge in [0.25, 0.3) is 0 Å². The van der Waals surface area contributed by atoms with Crippen LogP contribution in [0.2, 0.25) is 0 Å². The molecule has 0 fully saturated rings. The second kappa shape index (κ2) is 7.52. The van der Waals surface area contributed by atoms with Gasteiger partial charge in [0.15, 0.2) is 0 Å². The summed E-state index contributed by atoms with van der Waals surface area (Å²) in [7, 11) is -2.30. The number of benzene rings is 2. The summed E-state index contributed by atoms with van der Waals surface area (Å²) >= 11 is 0. The molecule has 0 aromatic heterocycles. The average molecular weight is 366 g/mol. The largest absolute Gasteiger partial charge is 0.495 e. The SMILES string of the molecule is COc1ccccc1NC(=O)C(C)N(c1ccc(F)cc1)S(C)(=O)=O. The zero-order chi connectivity index (χ0) is 18.6. The molecule has 0 saturated carbocycles. The van der Waals surface area contributed by atoms with Crippen molar-refractivity contribution in [1.82, 2.24) is 0 Å². The fourth-order valence-corrected chi connectivity index (χ4v) is 3.56. The van der Waals surface area contributed by atoms with Gasteiger partial charge in [-0.2, -0.15) is 0 Å². The molecule has 0 bridgehead atoms. The van der Waals surface area contributed by atoms with E-state index >= 15 is 0 Å². The number of para-hydroxylation sites is 2. The van der Waals surface area contributed by atoms with Gasteiger partial charge in [-0.15, -0.1) is 0 Å². The van der Waals surface area contributed by atoms with Gasteiger partial charge in [0.05, 0.1) is 24.7 Å². The molecule has 2 aromatic carbocycles. The van der Waals surface area contributed by atoms with Crippen LogP contribution in [0.4, 0.5) is 15.8 Å². The number of amides is 1. The number of hydrogen-bond donors (Lipinski definition) is 1. The van der Waals surface area contributed by atoms with E-state index in [1.807, 2.05) is 0 Å². The summed E-state index contributed by atoms with van der Waals surface area (Å²) in [4.78, 5) is 12.6. The van der Waals surface area contributed by atoms with Crippen molar-refractivity contribution in [2.24, 2.45) is 0 Å². The van der Waals surface area contributed by atoms with Crippen molar-refractivity contribution in [3.8, 4) is 5.75 Å². The highest BCUT2D eigenvalue weighted by Crippen LogP contribution is 2.25. The number of sulfonamides is 1. The molecule has 0 aliphatic heterocycles. The molecular weight excluding hydrogens is 347 g/mol. The fourth-order valence-electron chi connectivity index (χ4n) is 2.38. The number of halogens is 1. The van der Waals surface area contributed by atoms with Crippen LogP contribution in [-0.2, 0) is 14.8 Å². The highest BCUT2D eigenvalue weighted by atomic mass is 32.2. The van der Waals surface area contributed by atoms with Crippen LogP contribution in [0.3, 0.4) is 0 Å². The van der Waals surface area contributed by atoms with Gasteiger partial charge < -0.3 is 10.1 Å². The Morgan fingerprint density at radius 1 is 1.16 bits per heavy atom. The van der Waals surface area contributed by atoms with Crippen molar-refractivity contribution in [2.45, 2.75) is 13.0 Å². The smallest absolute Gasteiger partial charge is 0.248 e. The number of nitrogens with zero attached hydrogens (tertiary/aromatic N) is 1. The van der Waals surface area contributed by atoms with E-state index < -0.39 is 27.8 Å². The third-order valence-corrected chi connectivity index (χ3v) is 4.78. The van der Waals surface area contributed by atoms with Crippen LogP contribution in [0.25, 0.3) is 0 Å². The number of carbonyl (C=O) groups is 1. The highest BCUT2D eigenvalue weighted by molar-refractivity contribution is 7.92. The first-order chi connectivity index (χ1) is 11.7. The lowest BCUT2D eigenvalue weighted by Crippen LogP contribution is -2.45. The Balaban J connectivity index is 2.31. The molecule has 25 heavy (non-hydrogen) atoms. The molecule has 0 heterocycles. The maximum atomic E-state index is 13.1. The lowest BCUT2D eigenvalue weighted by atomic mass is 10.2. The van der Waals surface area contributed by atoms with Crippen LogP contribution in [0, 0.1) is 5.82 Å². The first-order valence-electron chi connectivity index (χ1n) is 7.43. The second-order valence-electron chi connectivity index (χ2n) is 5.40. The molecule has 0 spiro atoms. The average Bonchev–Trinajstić information content (AvgIpc) is 2.56. The zero-order valence-electron chi connectivity index (χ0n) is 14.1. The molecule has 0 aliphatic rings. The van der Waals surface area contributed by atoms with Gasteiger partial charge >= 0.3 is 0 Å². The summed E-state index contributed by atoms with van der Waals surface area (Å²) < 4.78 is 43.6. The highest BCUT2D eigenvalue weighted by Gasteiger charge is 2.29. The van der Waals surface area contributed by atoms with Crippen LogP contribution >= 0.6 is 0 Å². The number of methoxy groups -OCH3 is 1. The number of hydrogen-bond acceptors (Lipinski definition) is 4. The van der Waals surface area contributed by atoms with Crippen molar-refractivity contribution < 1.29 is 22.3 Å². The van der Waals surface area contributed by atoms with E-state index in [0.717, 1.165) is 22.7 Å². The second-order valence-corrected chi connectivity index (χ2v) is 7.26. The predicted molar refractivity (Wildman–Crippen MR) is 94.8 cm³/mol. The van der Waals surface area contributed by atoms with Crippen LogP contribution in [-0.4, -0.2) is 33.7 Å². The van der Waals surface area contributed by atoms with E-state index in [1.165, 1.54) is 26.2 Å². The summed E-state index contributed by atoms with van der Waals surface area (Å²) in [6.45, 7) is 1.45.